The Hall–Kier alpha value is -2.14. The molecule has 1 N–H and O–H groups in total. The standard InChI is InChI=1S/C33H46N2O3/c1-28(2)11-13-33(25(37)9-15-34)14-12-32(7)26(21(33)18-28)22(36)16-24-30(5)17-20(19-35)27(38)29(3,4)23(30)8-10-31(24,32)6/h21,23-24,26,38H,8-14,16-18H2,1-7H3/t21?,23-,24+,26-,30-,31+,32+,33-/m0/s1. The van der Waals surface area contributed by atoms with Gasteiger partial charge >= 0.3 is 0 Å². The molecule has 4 saturated carbocycles. The molecule has 8 atom stereocenters. The Morgan fingerprint density at radius 1 is 0.947 bits per heavy atom. The SMILES string of the molecule is CC1(C)CC[C@]2(C(=O)CC#N)CC[C@]3(C)[C@H](C(=O)C[C@@H]4[C@@]5(C)CC(C#N)=C(O)C(C)(C)[C@@H]5CC[C@]43C)C2C1. The number of nitriles is 2. The molecule has 0 spiro atoms. The summed E-state index contributed by atoms with van der Waals surface area (Å²) in [6, 6.07) is 4.44. The van der Waals surface area contributed by atoms with Crippen molar-refractivity contribution < 1.29 is 14.7 Å². The minimum atomic E-state index is -0.551. The number of ketones is 2. The van der Waals surface area contributed by atoms with Crippen molar-refractivity contribution in [3.8, 4) is 12.1 Å². The summed E-state index contributed by atoms with van der Waals surface area (Å²) in [5, 5.41) is 30.4. The van der Waals surface area contributed by atoms with Crippen LogP contribution < -0.4 is 0 Å². The number of nitrogens with zero attached hydrogens (tertiary/aromatic N) is 2. The normalized spacial score (nSPS) is 46.9. The van der Waals surface area contributed by atoms with E-state index in [1.54, 1.807) is 0 Å². The number of fused-ring (bicyclic) bond motifs is 7. The van der Waals surface area contributed by atoms with Crippen molar-refractivity contribution in [2.45, 2.75) is 113 Å². The number of hydrogen-bond acceptors (Lipinski definition) is 5. The molecule has 0 bridgehead atoms. The van der Waals surface area contributed by atoms with Gasteiger partial charge in [-0.3, -0.25) is 9.59 Å². The molecule has 0 amide bonds. The van der Waals surface area contributed by atoms with Gasteiger partial charge in [-0.2, -0.15) is 10.5 Å². The van der Waals surface area contributed by atoms with Gasteiger partial charge in [-0.25, -0.2) is 0 Å². The molecule has 0 heterocycles. The van der Waals surface area contributed by atoms with Gasteiger partial charge in [0.1, 0.15) is 11.5 Å². The molecular weight excluding hydrogens is 472 g/mol. The molecule has 0 saturated heterocycles. The first-order valence-electron chi connectivity index (χ1n) is 14.8. The Morgan fingerprint density at radius 2 is 1.61 bits per heavy atom. The first kappa shape index (κ1) is 27.4. The van der Waals surface area contributed by atoms with E-state index in [0.29, 0.717) is 24.2 Å². The predicted octanol–water partition coefficient (Wildman–Crippen LogP) is 7.48. The van der Waals surface area contributed by atoms with Crippen molar-refractivity contribution in [1.82, 2.24) is 0 Å². The molecule has 4 fully saturated rings. The minimum absolute atomic E-state index is 0.0111. The van der Waals surface area contributed by atoms with Crippen LogP contribution in [0, 0.1) is 78.8 Å². The summed E-state index contributed by atoms with van der Waals surface area (Å²) in [6.07, 6.45) is 7.12. The van der Waals surface area contributed by atoms with E-state index in [2.05, 4.69) is 60.6 Å². The number of aliphatic hydroxyl groups is 1. The average molecular weight is 519 g/mol. The summed E-state index contributed by atoms with van der Waals surface area (Å²) in [4.78, 5) is 28.1. The Balaban J connectivity index is 1.62. The topological polar surface area (TPSA) is 102 Å². The molecule has 0 radical (unpaired) electrons. The van der Waals surface area contributed by atoms with Gasteiger partial charge in [0.2, 0.25) is 0 Å². The lowest BCUT2D eigenvalue weighted by Crippen LogP contribution is -2.69. The summed E-state index contributed by atoms with van der Waals surface area (Å²) >= 11 is 0. The van der Waals surface area contributed by atoms with Crippen LogP contribution in [0.15, 0.2) is 11.3 Å². The van der Waals surface area contributed by atoms with Crippen molar-refractivity contribution in [1.29, 1.82) is 10.5 Å². The fraction of sp³-hybridized carbons (Fsp3) is 0.818. The largest absolute Gasteiger partial charge is 0.511 e. The number of hydrogen-bond donors (Lipinski definition) is 1. The number of allylic oxidation sites excluding steroid dienone is 2. The van der Waals surface area contributed by atoms with Crippen LogP contribution in [-0.2, 0) is 9.59 Å². The van der Waals surface area contributed by atoms with E-state index in [-0.39, 0.29) is 63.3 Å². The van der Waals surface area contributed by atoms with Gasteiger partial charge in [-0.05, 0) is 90.8 Å². The lowest BCUT2D eigenvalue weighted by molar-refractivity contribution is -0.229. The molecule has 0 aromatic heterocycles. The monoisotopic (exact) mass is 518 g/mol. The van der Waals surface area contributed by atoms with Crippen molar-refractivity contribution in [2.24, 2.45) is 56.2 Å². The number of rotatable bonds is 2. The van der Waals surface area contributed by atoms with Crippen LogP contribution in [0.3, 0.4) is 0 Å². The smallest absolute Gasteiger partial charge is 0.153 e. The van der Waals surface area contributed by atoms with Crippen LogP contribution >= 0.6 is 0 Å². The van der Waals surface area contributed by atoms with Gasteiger partial charge in [0, 0.05) is 23.2 Å². The molecular formula is C33H46N2O3. The highest BCUT2D eigenvalue weighted by atomic mass is 16.3. The van der Waals surface area contributed by atoms with Crippen LogP contribution in [0.1, 0.15) is 113 Å². The minimum Gasteiger partial charge on any atom is -0.511 e. The molecule has 5 heteroatoms. The third-order valence-corrected chi connectivity index (χ3v) is 13.5. The molecule has 5 rings (SSSR count). The molecule has 0 aromatic carbocycles. The van der Waals surface area contributed by atoms with Gasteiger partial charge in [-0.1, -0.05) is 48.5 Å². The van der Waals surface area contributed by atoms with Gasteiger partial charge in [0.05, 0.1) is 24.1 Å². The quantitative estimate of drug-likeness (QED) is 0.408. The van der Waals surface area contributed by atoms with E-state index >= 15 is 0 Å². The van der Waals surface area contributed by atoms with E-state index in [1.807, 2.05) is 0 Å². The van der Waals surface area contributed by atoms with Crippen molar-refractivity contribution >= 4 is 11.6 Å². The maximum atomic E-state index is 14.5. The highest BCUT2D eigenvalue weighted by Gasteiger charge is 2.72. The number of carbonyl (C=O) groups is 2. The Bertz CT molecular complexity index is 1200. The first-order valence-corrected chi connectivity index (χ1v) is 14.8. The van der Waals surface area contributed by atoms with Crippen LogP contribution in [0.4, 0.5) is 0 Å². The van der Waals surface area contributed by atoms with E-state index in [4.69, 9.17) is 0 Å². The second-order valence-electron chi connectivity index (χ2n) is 15.9. The average Bonchev–Trinajstić information content (AvgIpc) is 2.82. The fourth-order valence-electron chi connectivity index (χ4n) is 11.4. The Labute approximate surface area is 229 Å². The van der Waals surface area contributed by atoms with Gasteiger partial charge in [0.25, 0.3) is 0 Å². The molecule has 5 aliphatic carbocycles. The van der Waals surface area contributed by atoms with Gasteiger partial charge in [0.15, 0.2) is 5.78 Å². The fourth-order valence-corrected chi connectivity index (χ4v) is 11.4. The Morgan fingerprint density at radius 3 is 2.24 bits per heavy atom. The van der Waals surface area contributed by atoms with E-state index in [9.17, 15) is 25.2 Å². The molecule has 1 unspecified atom stereocenters. The molecule has 38 heavy (non-hydrogen) atoms. The molecule has 5 aliphatic rings. The maximum Gasteiger partial charge on any atom is 0.153 e. The molecule has 206 valence electrons. The van der Waals surface area contributed by atoms with E-state index < -0.39 is 10.8 Å². The summed E-state index contributed by atoms with van der Waals surface area (Å²) < 4.78 is 0. The lowest BCUT2D eigenvalue weighted by Gasteiger charge is -2.72. The summed E-state index contributed by atoms with van der Waals surface area (Å²) in [6.45, 7) is 15.7. The lowest BCUT2D eigenvalue weighted by atomic mass is 9.31. The second-order valence-corrected chi connectivity index (χ2v) is 15.9. The second kappa shape index (κ2) is 8.19. The van der Waals surface area contributed by atoms with Crippen LogP contribution in [0.2, 0.25) is 0 Å². The summed E-state index contributed by atoms with van der Waals surface area (Å²) in [5.41, 5.74) is -1.10. The van der Waals surface area contributed by atoms with E-state index in [1.165, 1.54) is 0 Å². The zero-order chi connectivity index (χ0) is 28.1. The van der Waals surface area contributed by atoms with Crippen molar-refractivity contribution in [3.05, 3.63) is 11.3 Å². The summed E-state index contributed by atoms with van der Waals surface area (Å²) in [5.74, 6) is 0.734. The number of aliphatic hydroxyl groups excluding tert-OH is 1. The molecule has 0 aromatic rings. The third kappa shape index (κ3) is 3.26. The highest BCUT2D eigenvalue weighted by Crippen LogP contribution is 2.76. The number of carbonyl (C=O) groups excluding carboxylic acids is 2. The molecule has 5 nitrogen and oxygen atoms in total. The van der Waals surface area contributed by atoms with Crippen LogP contribution in [0.5, 0.6) is 0 Å². The highest BCUT2D eigenvalue weighted by molar-refractivity contribution is 5.90. The van der Waals surface area contributed by atoms with Gasteiger partial charge < -0.3 is 5.11 Å². The van der Waals surface area contributed by atoms with Crippen molar-refractivity contribution in [2.75, 3.05) is 0 Å². The zero-order valence-corrected chi connectivity index (χ0v) is 24.5. The van der Waals surface area contributed by atoms with Crippen molar-refractivity contribution in [3.63, 3.8) is 0 Å². The maximum absolute atomic E-state index is 14.5. The van der Waals surface area contributed by atoms with Crippen LogP contribution in [-0.4, -0.2) is 16.7 Å². The first-order chi connectivity index (χ1) is 17.5. The zero-order valence-electron chi connectivity index (χ0n) is 24.5. The molecule has 0 aliphatic heterocycles. The van der Waals surface area contributed by atoms with E-state index in [0.717, 1.165) is 44.9 Å². The predicted molar refractivity (Wildman–Crippen MR) is 145 cm³/mol. The van der Waals surface area contributed by atoms with Crippen LogP contribution in [0.25, 0.3) is 0 Å². The third-order valence-electron chi connectivity index (χ3n) is 13.5. The number of Topliss-reactive ketones (excluding diaryl/α,β-unsaturated/α-hetero) is 2. The Kier molecular flexibility index (Phi) is 5.91. The van der Waals surface area contributed by atoms with Gasteiger partial charge in [-0.15, -0.1) is 0 Å². The summed E-state index contributed by atoms with van der Waals surface area (Å²) in [7, 11) is 0.